The molecule has 1 amide bonds. The van der Waals surface area contributed by atoms with Crippen molar-refractivity contribution in [3.05, 3.63) is 35.9 Å². The Morgan fingerprint density at radius 1 is 1.36 bits per heavy atom. The second kappa shape index (κ2) is 5.58. The molecule has 2 N–H and O–H groups in total. The van der Waals surface area contributed by atoms with E-state index in [2.05, 4.69) is 32.5 Å². The molecule has 0 spiro atoms. The summed E-state index contributed by atoms with van der Waals surface area (Å²) in [4.78, 5) is 25.5. The van der Waals surface area contributed by atoms with Crippen molar-refractivity contribution in [3.63, 3.8) is 0 Å². The zero-order chi connectivity index (χ0) is 17.6. The van der Waals surface area contributed by atoms with Crippen LogP contribution in [-0.4, -0.2) is 31.0 Å². The van der Waals surface area contributed by atoms with Crippen LogP contribution in [0.25, 0.3) is 11.1 Å². The van der Waals surface area contributed by atoms with Gasteiger partial charge in [0.25, 0.3) is 5.91 Å². The number of rotatable bonds is 5. The number of fused-ring (bicyclic) bond motifs is 1. The van der Waals surface area contributed by atoms with E-state index in [0.29, 0.717) is 34.8 Å². The van der Waals surface area contributed by atoms with Gasteiger partial charge in [-0.25, -0.2) is 15.0 Å². The van der Waals surface area contributed by atoms with Crippen molar-refractivity contribution in [1.29, 1.82) is 0 Å². The molecule has 0 unspecified atom stereocenters. The Hall–Kier alpha value is -2.90. The van der Waals surface area contributed by atoms with Crippen LogP contribution in [0, 0.1) is 6.92 Å². The van der Waals surface area contributed by atoms with Gasteiger partial charge in [-0.3, -0.25) is 4.79 Å². The van der Waals surface area contributed by atoms with Crippen LogP contribution in [0.15, 0.2) is 23.1 Å². The number of amides is 1. The number of nitrogens with one attached hydrogen (secondary N) is 2. The Bertz CT molecular complexity index is 953. The molecule has 3 aromatic rings. The molecular weight excluding hydrogens is 320 g/mol. The minimum Gasteiger partial charge on any atom is -0.442 e. The van der Waals surface area contributed by atoms with Crippen molar-refractivity contribution in [2.75, 3.05) is 5.32 Å². The summed E-state index contributed by atoms with van der Waals surface area (Å²) in [6, 6.07) is 0. The third-order valence-electron chi connectivity index (χ3n) is 4.64. The van der Waals surface area contributed by atoms with E-state index in [1.807, 2.05) is 17.8 Å². The van der Waals surface area contributed by atoms with Crippen LogP contribution in [-0.2, 0) is 13.6 Å². The van der Waals surface area contributed by atoms with E-state index < -0.39 is 0 Å². The van der Waals surface area contributed by atoms with E-state index >= 15 is 0 Å². The van der Waals surface area contributed by atoms with Crippen LogP contribution in [0.5, 0.6) is 0 Å². The second-order valence-corrected chi connectivity index (χ2v) is 6.76. The van der Waals surface area contributed by atoms with Crippen molar-refractivity contribution in [3.8, 4) is 0 Å². The van der Waals surface area contributed by atoms with E-state index in [1.54, 1.807) is 13.1 Å². The lowest BCUT2D eigenvalue weighted by atomic mass is 10.1. The van der Waals surface area contributed by atoms with Crippen LogP contribution in [0.4, 0.5) is 5.82 Å². The Morgan fingerprint density at radius 2 is 2.16 bits per heavy atom. The molecule has 8 heteroatoms. The highest BCUT2D eigenvalue weighted by atomic mass is 16.3. The molecule has 0 aromatic carbocycles. The molecule has 3 aromatic heterocycles. The van der Waals surface area contributed by atoms with Gasteiger partial charge in [-0.15, -0.1) is 0 Å². The maximum absolute atomic E-state index is 12.8. The highest BCUT2D eigenvalue weighted by Gasteiger charge is 2.38. The van der Waals surface area contributed by atoms with Gasteiger partial charge in [-0.05, 0) is 26.7 Å². The summed E-state index contributed by atoms with van der Waals surface area (Å²) in [6.45, 7) is 4.23. The zero-order valence-corrected chi connectivity index (χ0v) is 14.5. The van der Waals surface area contributed by atoms with Gasteiger partial charge in [0.15, 0.2) is 0 Å². The molecule has 0 atom stereocenters. The smallest absolute Gasteiger partial charge is 0.256 e. The lowest BCUT2D eigenvalue weighted by molar-refractivity contribution is 0.0949. The normalized spacial score (nSPS) is 15.3. The first-order chi connectivity index (χ1) is 12.0. The van der Waals surface area contributed by atoms with Gasteiger partial charge in [-0.2, -0.15) is 0 Å². The second-order valence-electron chi connectivity index (χ2n) is 6.76. The van der Waals surface area contributed by atoms with E-state index in [-0.39, 0.29) is 11.4 Å². The maximum Gasteiger partial charge on any atom is 0.256 e. The molecule has 130 valence electrons. The fourth-order valence-corrected chi connectivity index (χ4v) is 2.83. The number of anilines is 1. The molecule has 1 fully saturated rings. The maximum atomic E-state index is 12.8. The number of aryl methyl sites for hydroxylation is 2. The third kappa shape index (κ3) is 2.84. The van der Waals surface area contributed by atoms with Gasteiger partial charge in [0.05, 0.1) is 17.5 Å². The quantitative estimate of drug-likeness (QED) is 0.738. The van der Waals surface area contributed by atoms with Gasteiger partial charge >= 0.3 is 0 Å². The number of hydrogen-bond donors (Lipinski definition) is 2. The third-order valence-corrected chi connectivity index (χ3v) is 4.64. The van der Waals surface area contributed by atoms with E-state index in [9.17, 15) is 4.79 Å². The minimum absolute atomic E-state index is 0.0349. The van der Waals surface area contributed by atoms with E-state index in [4.69, 9.17) is 4.42 Å². The average molecular weight is 340 g/mol. The highest BCUT2D eigenvalue weighted by Crippen LogP contribution is 2.40. The number of furan rings is 1. The van der Waals surface area contributed by atoms with Crippen LogP contribution in [0.3, 0.4) is 0 Å². The molecule has 1 aliphatic rings. The summed E-state index contributed by atoms with van der Waals surface area (Å²) in [5.74, 6) is 1.72. The molecule has 0 radical (unpaired) electrons. The van der Waals surface area contributed by atoms with Crippen molar-refractivity contribution in [2.24, 2.45) is 7.05 Å². The first-order valence-corrected chi connectivity index (χ1v) is 8.23. The van der Waals surface area contributed by atoms with Gasteiger partial charge in [-0.1, -0.05) is 0 Å². The van der Waals surface area contributed by atoms with Gasteiger partial charge < -0.3 is 19.6 Å². The molecule has 4 rings (SSSR count). The van der Waals surface area contributed by atoms with E-state index in [1.165, 1.54) is 6.33 Å². The van der Waals surface area contributed by atoms with Gasteiger partial charge in [0.1, 0.15) is 23.7 Å². The fourth-order valence-electron chi connectivity index (χ4n) is 2.83. The molecule has 1 saturated carbocycles. The largest absolute Gasteiger partial charge is 0.442 e. The van der Waals surface area contributed by atoms with Crippen molar-refractivity contribution >= 4 is 22.8 Å². The number of hydrogen-bond acceptors (Lipinski definition) is 6. The summed E-state index contributed by atoms with van der Waals surface area (Å²) in [6.07, 6.45) is 7.15. The lowest BCUT2D eigenvalue weighted by Gasteiger charge is -2.13. The Morgan fingerprint density at radius 3 is 2.84 bits per heavy atom. The number of carbonyl (C=O) groups is 1. The number of carbonyl (C=O) groups excluding carboxylic acids is 1. The highest BCUT2D eigenvalue weighted by molar-refractivity contribution is 6.10. The Balaban J connectivity index is 1.67. The summed E-state index contributed by atoms with van der Waals surface area (Å²) in [5, 5.41) is 6.95. The summed E-state index contributed by atoms with van der Waals surface area (Å²) < 4.78 is 7.55. The predicted octanol–water partition coefficient (Wildman–Crippen LogP) is 2.16. The fraction of sp³-hybridized carbons (Fsp3) is 0.412. The number of nitrogens with zero attached hydrogens (tertiary/aromatic N) is 4. The lowest BCUT2D eigenvalue weighted by Crippen LogP contribution is -2.25. The molecule has 8 nitrogen and oxygen atoms in total. The Labute approximate surface area is 144 Å². The molecule has 25 heavy (non-hydrogen) atoms. The van der Waals surface area contributed by atoms with Gasteiger partial charge in [0.2, 0.25) is 5.71 Å². The monoisotopic (exact) mass is 340 g/mol. The van der Waals surface area contributed by atoms with Crippen molar-refractivity contribution in [1.82, 2.24) is 24.8 Å². The van der Waals surface area contributed by atoms with Crippen LogP contribution in [0.2, 0.25) is 0 Å². The molecule has 0 aliphatic heterocycles. The van der Waals surface area contributed by atoms with Crippen LogP contribution in [0.1, 0.15) is 41.7 Å². The van der Waals surface area contributed by atoms with Crippen molar-refractivity contribution in [2.45, 2.75) is 38.8 Å². The van der Waals surface area contributed by atoms with Crippen molar-refractivity contribution < 1.29 is 9.21 Å². The van der Waals surface area contributed by atoms with E-state index in [0.717, 1.165) is 18.7 Å². The summed E-state index contributed by atoms with van der Waals surface area (Å²) in [7, 11) is 1.89. The van der Waals surface area contributed by atoms with Gasteiger partial charge in [0, 0.05) is 25.0 Å². The van der Waals surface area contributed by atoms with Crippen LogP contribution < -0.4 is 10.6 Å². The molecule has 1 aliphatic carbocycles. The predicted molar refractivity (Wildman–Crippen MR) is 92.2 cm³/mol. The zero-order valence-electron chi connectivity index (χ0n) is 14.5. The first kappa shape index (κ1) is 15.6. The Kier molecular flexibility index (Phi) is 3.48. The topological polar surface area (TPSA) is 97.9 Å². The number of imidazole rings is 1. The molecule has 0 bridgehead atoms. The molecular formula is C17H20N6O2. The average Bonchev–Trinajstić information content (AvgIpc) is 3.00. The standard InChI is InChI=1S/C17H20N6O2/c1-10-12(15(24)19-8-11-18-6-7-23(11)3)13-14(22-17(2)4-5-17)20-9-21-16(13)25-10/h6-7,9H,4-5,8H2,1-3H3,(H,19,24)(H,20,21,22). The minimum atomic E-state index is -0.224. The molecule has 3 heterocycles. The SMILES string of the molecule is Cc1oc2ncnc(NC3(C)CC3)c2c1C(=O)NCc1nccn1C. The summed E-state index contributed by atoms with van der Waals surface area (Å²) in [5.41, 5.74) is 0.922. The summed E-state index contributed by atoms with van der Waals surface area (Å²) >= 11 is 0. The molecule has 0 saturated heterocycles. The number of aromatic nitrogens is 4. The van der Waals surface area contributed by atoms with Crippen LogP contribution >= 0.6 is 0 Å². The first-order valence-electron chi connectivity index (χ1n) is 8.23.